The van der Waals surface area contributed by atoms with Gasteiger partial charge in [-0.25, -0.2) is 4.98 Å². The third-order valence-corrected chi connectivity index (χ3v) is 4.57. The van der Waals surface area contributed by atoms with Crippen molar-refractivity contribution in [2.24, 2.45) is 11.7 Å². The predicted molar refractivity (Wildman–Crippen MR) is 72.9 cm³/mol. The Balaban J connectivity index is 1.70. The lowest BCUT2D eigenvalue weighted by Gasteiger charge is -2.22. The molecule has 98 valence electrons. The van der Waals surface area contributed by atoms with E-state index >= 15 is 0 Å². The zero-order chi connectivity index (χ0) is 12.5. The maximum atomic E-state index is 6.34. The van der Waals surface area contributed by atoms with Crippen LogP contribution in [-0.2, 0) is 11.2 Å². The van der Waals surface area contributed by atoms with Crippen molar-refractivity contribution in [3.8, 4) is 0 Å². The summed E-state index contributed by atoms with van der Waals surface area (Å²) in [7, 11) is 0. The summed E-state index contributed by atoms with van der Waals surface area (Å²) in [5, 5.41) is 2.05. The quantitative estimate of drug-likeness (QED) is 0.921. The number of rotatable bonds is 4. The van der Waals surface area contributed by atoms with E-state index in [-0.39, 0.29) is 6.04 Å². The second kappa shape index (κ2) is 4.99. The normalized spacial score (nSPS) is 25.9. The maximum absolute atomic E-state index is 6.34. The van der Waals surface area contributed by atoms with Crippen LogP contribution in [0.1, 0.15) is 25.5 Å². The van der Waals surface area contributed by atoms with Gasteiger partial charge in [-0.1, -0.05) is 6.92 Å². The van der Waals surface area contributed by atoms with Crippen LogP contribution in [0.25, 0.3) is 4.96 Å². The van der Waals surface area contributed by atoms with E-state index in [0.29, 0.717) is 12.0 Å². The molecule has 1 aliphatic heterocycles. The summed E-state index contributed by atoms with van der Waals surface area (Å²) in [6, 6.07) is 0.155. The molecule has 0 bridgehead atoms. The molecule has 0 radical (unpaired) electrons. The molecule has 18 heavy (non-hydrogen) atoms. The van der Waals surface area contributed by atoms with Crippen LogP contribution < -0.4 is 5.73 Å². The first-order chi connectivity index (χ1) is 8.78. The highest BCUT2D eigenvalue weighted by atomic mass is 32.1. The monoisotopic (exact) mass is 265 g/mol. The molecule has 5 heteroatoms. The number of thiazole rings is 1. The van der Waals surface area contributed by atoms with Gasteiger partial charge < -0.3 is 10.5 Å². The Labute approximate surface area is 111 Å². The molecular weight excluding hydrogens is 246 g/mol. The van der Waals surface area contributed by atoms with Gasteiger partial charge in [0.1, 0.15) is 0 Å². The van der Waals surface area contributed by atoms with Gasteiger partial charge in [0.25, 0.3) is 0 Å². The molecule has 2 N–H and O–H groups in total. The Morgan fingerprint density at radius 2 is 2.56 bits per heavy atom. The van der Waals surface area contributed by atoms with Crippen LogP contribution in [0, 0.1) is 5.92 Å². The third-order valence-electron chi connectivity index (χ3n) is 3.80. The lowest BCUT2D eigenvalue weighted by atomic mass is 9.89. The average Bonchev–Trinajstić information content (AvgIpc) is 3.02. The number of fused-ring (bicyclic) bond motifs is 1. The fourth-order valence-corrected chi connectivity index (χ4v) is 3.56. The van der Waals surface area contributed by atoms with E-state index in [1.807, 2.05) is 11.6 Å². The first kappa shape index (κ1) is 12.1. The molecule has 0 aliphatic carbocycles. The second-order valence-corrected chi connectivity index (χ2v) is 5.84. The number of aromatic nitrogens is 2. The standard InChI is InChI=1S/C13H19N3OS/c1-2-12-10(3-5-17-12)11(14)7-9-8-16-4-6-18-13(16)15-9/h4,6,8,10-12H,2-3,5,7,14H2,1H3. The topological polar surface area (TPSA) is 52.5 Å². The molecule has 0 spiro atoms. The Morgan fingerprint density at radius 3 is 3.33 bits per heavy atom. The van der Waals surface area contributed by atoms with Crippen LogP contribution in [0.2, 0.25) is 0 Å². The van der Waals surface area contributed by atoms with Crippen molar-refractivity contribution in [2.75, 3.05) is 6.61 Å². The minimum absolute atomic E-state index is 0.155. The van der Waals surface area contributed by atoms with E-state index < -0.39 is 0 Å². The SMILES string of the molecule is CCC1OCCC1C(N)Cc1cn2ccsc2n1. The van der Waals surface area contributed by atoms with Gasteiger partial charge in [0, 0.05) is 42.8 Å². The van der Waals surface area contributed by atoms with Crippen LogP contribution in [0.5, 0.6) is 0 Å². The minimum atomic E-state index is 0.155. The fourth-order valence-electron chi connectivity index (χ4n) is 2.84. The lowest BCUT2D eigenvalue weighted by molar-refractivity contribution is 0.0813. The van der Waals surface area contributed by atoms with Crippen molar-refractivity contribution in [2.45, 2.75) is 38.3 Å². The van der Waals surface area contributed by atoms with Crippen LogP contribution in [0.3, 0.4) is 0 Å². The Hall–Kier alpha value is -0.910. The highest BCUT2D eigenvalue weighted by molar-refractivity contribution is 7.15. The molecular formula is C13H19N3OS. The van der Waals surface area contributed by atoms with Gasteiger partial charge in [-0.2, -0.15) is 0 Å². The minimum Gasteiger partial charge on any atom is -0.378 e. The van der Waals surface area contributed by atoms with Gasteiger partial charge in [-0.15, -0.1) is 11.3 Å². The van der Waals surface area contributed by atoms with E-state index in [0.717, 1.165) is 36.5 Å². The van der Waals surface area contributed by atoms with Gasteiger partial charge >= 0.3 is 0 Å². The summed E-state index contributed by atoms with van der Waals surface area (Å²) >= 11 is 1.66. The molecule has 4 nitrogen and oxygen atoms in total. The van der Waals surface area contributed by atoms with Gasteiger partial charge in [-0.05, 0) is 12.8 Å². The van der Waals surface area contributed by atoms with Crippen molar-refractivity contribution < 1.29 is 4.74 Å². The highest BCUT2D eigenvalue weighted by Gasteiger charge is 2.31. The molecule has 2 aromatic heterocycles. The van der Waals surface area contributed by atoms with Crippen LogP contribution in [0.4, 0.5) is 0 Å². The summed E-state index contributed by atoms with van der Waals surface area (Å²) in [6.07, 6.45) is 7.44. The van der Waals surface area contributed by atoms with Crippen molar-refractivity contribution >= 4 is 16.3 Å². The van der Waals surface area contributed by atoms with Crippen LogP contribution in [0.15, 0.2) is 17.8 Å². The summed E-state index contributed by atoms with van der Waals surface area (Å²) in [4.78, 5) is 5.64. The largest absolute Gasteiger partial charge is 0.378 e. The third kappa shape index (κ3) is 2.18. The van der Waals surface area contributed by atoms with E-state index in [2.05, 4.69) is 22.5 Å². The zero-order valence-electron chi connectivity index (χ0n) is 10.6. The molecule has 3 unspecified atom stereocenters. The molecule has 0 aromatic carbocycles. The van der Waals surface area contributed by atoms with Crippen molar-refractivity contribution in [3.05, 3.63) is 23.5 Å². The Morgan fingerprint density at radius 1 is 1.67 bits per heavy atom. The highest BCUT2D eigenvalue weighted by Crippen LogP contribution is 2.27. The van der Waals surface area contributed by atoms with E-state index in [1.54, 1.807) is 11.3 Å². The van der Waals surface area contributed by atoms with Gasteiger partial charge in [0.2, 0.25) is 0 Å². The molecule has 2 aromatic rings. The maximum Gasteiger partial charge on any atom is 0.193 e. The number of ether oxygens (including phenoxy) is 1. The number of hydrogen-bond donors (Lipinski definition) is 1. The summed E-state index contributed by atoms with van der Waals surface area (Å²) in [5.74, 6) is 0.481. The zero-order valence-corrected chi connectivity index (χ0v) is 11.4. The molecule has 1 aliphatic rings. The van der Waals surface area contributed by atoms with E-state index in [4.69, 9.17) is 10.5 Å². The second-order valence-electron chi connectivity index (χ2n) is 4.96. The average molecular weight is 265 g/mol. The molecule has 3 atom stereocenters. The van der Waals surface area contributed by atoms with Crippen LogP contribution >= 0.6 is 11.3 Å². The van der Waals surface area contributed by atoms with Crippen LogP contribution in [-0.4, -0.2) is 28.1 Å². The fraction of sp³-hybridized carbons (Fsp3) is 0.615. The smallest absolute Gasteiger partial charge is 0.193 e. The number of imidazole rings is 1. The molecule has 0 saturated carbocycles. The summed E-state index contributed by atoms with van der Waals surface area (Å²) in [6.45, 7) is 3.03. The summed E-state index contributed by atoms with van der Waals surface area (Å²) in [5.41, 5.74) is 7.44. The molecule has 1 fully saturated rings. The first-order valence-corrected chi connectivity index (χ1v) is 7.44. The summed E-state index contributed by atoms with van der Waals surface area (Å²) < 4.78 is 7.78. The molecule has 1 saturated heterocycles. The Kier molecular flexibility index (Phi) is 3.37. The predicted octanol–water partition coefficient (Wildman–Crippen LogP) is 2.08. The molecule has 0 amide bonds. The van der Waals surface area contributed by atoms with E-state index in [9.17, 15) is 0 Å². The van der Waals surface area contributed by atoms with E-state index in [1.165, 1.54) is 0 Å². The number of hydrogen-bond acceptors (Lipinski definition) is 4. The van der Waals surface area contributed by atoms with Gasteiger partial charge in [0.15, 0.2) is 4.96 Å². The van der Waals surface area contributed by atoms with Crippen molar-refractivity contribution in [1.82, 2.24) is 9.38 Å². The van der Waals surface area contributed by atoms with Crippen molar-refractivity contribution in [3.63, 3.8) is 0 Å². The Bertz CT molecular complexity index is 493. The molecule has 3 heterocycles. The lowest BCUT2D eigenvalue weighted by Crippen LogP contribution is -2.37. The number of nitrogens with zero attached hydrogens (tertiary/aromatic N) is 2. The molecule has 3 rings (SSSR count). The first-order valence-electron chi connectivity index (χ1n) is 6.56. The van der Waals surface area contributed by atoms with Gasteiger partial charge in [-0.3, -0.25) is 4.40 Å². The van der Waals surface area contributed by atoms with Gasteiger partial charge in [0.05, 0.1) is 11.8 Å². The number of nitrogens with two attached hydrogens (primary N) is 1. The van der Waals surface area contributed by atoms with Crippen molar-refractivity contribution in [1.29, 1.82) is 0 Å².